The molecular weight excluding hydrogens is 457 g/mol. The van der Waals surface area contributed by atoms with Gasteiger partial charge >= 0.3 is 0 Å². The highest BCUT2D eigenvalue weighted by atomic mass is 32.2. The lowest BCUT2D eigenvalue weighted by Crippen LogP contribution is -2.38. The summed E-state index contributed by atoms with van der Waals surface area (Å²) in [6.07, 6.45) is 8.31. The molecule has 1 saturated carbocycles. The van der Waals surface area contributed by atoms with Gasteiger partial charge in [-0.15, -0.1) is 0 Å². The Balaban J connectivity index is 1.42. The molecule has 0 amide bonds. The molecule has 4 atom stereocenters. The maximum Gasteiger partial charge on any atom is 0.123 e. The number of aromatic nitrogens is 2. The lowest BCUT2D eigenvalue weighted by Gasteiger charge is -2.38. The molecule has 1 heterocycles. The van der Waals surface area contributed by atoms with Crippen molar-refractivity contribution in [2.24, 2.45) is 11.3 Å². The van der Waals surface area contributed by atoms with E-state index >= 15 is 0 Å². The molecule has 0 spiro atoms. The van der Waals surface area contributed by atoms with Crippen LogP contribution in [-0.4, -0.2) is 18.7 Å². The van der Waals surface area contributed by atoms with Gasteiger partial charge in [-0.3, -0.25) is 0 Å². The zero-order chi connectivity index (χ0) is 24.8. The van der Waals surface area contributed by atoms with Crippen LogP contribution < -0.4 is 4.72 Å². The highest BCUT2D eigenvalue weighted by Gasteiger charge is 2.46. The largest absolute Gasteiger partial charge is 0.242 e. The minimum Gasteiger partial charge on any atom is -0.242 e. The van der Waals surface area contributed by atoms with E-state index in [4.69, 9.17) is 0 Å². The fourth-order valence-corrected chi connectivity index (χ4v) is 6.47. The third-order valence-corrected chi connectivity index (χ3v) is 9.36. The number of nitrogens with one attached hydrogen (secondary N) is 1. The molecule has 2 unspecified atom stereocenters. The van der Waals surface area contributed by atoms with Crippen molar-refractivity contribution in [1.82, 2.24) is 14.5 Å². The molecule has 4 nitrogen and oxygen atoms in total. The first-order chi connectivity index (χ1) is 16.6. The average molecular weight is 492 g/mol. The van der Waals surface area contributed by atoms with E-state index in [9.17, 15) is 8.60 Å². The van der Waals surface area contributed by atoms with Crippen LogP contribution in [0.5, 0.6) is 0 Å². The minimum absolute atomic E-state index is 0.0285. The summed E-state index contributed by atoms with van der Waals surface area (Å²) in [6, 6.07) is 17.0. The first-order valence-electron chi connectivity index (χ1n) is 12.4. The van der Waals surface area contributed by atoms with Gasteiger partial charge in [0.05, 0.1) is 33.3 Å². The second-order valence-electron chi connectivity index (χ2n) is 11.1. The first-order valence-corrected chi connectivity index (χ1v) is 13.6. The molecule has 3 aromatic rings. The van der Waals surface area contributed by atoms with E-state index in [0.717, 1.165) is 37.1 Å². The summed E-state index contributed by atoms with van der Waals surface area (Å²) in [4.78, 5) is 0. The van der Waals surface area contributed by atoms with Gasteiger partial charge in [-0.05, 0) is 99.3 Å². The highest BCUT2D eigenvalue weighted by molar-refractivity contribution is 7.84. The van der Waals surface area contributed by atoms with Crippen molar-refractivity contribution >= 4 is 17.1 Å². The summed E-state index contributed by atoms with van der Waals surface area (Å²) in [7, 11) is -1.15. The minimum atomic E-state index is -1.15. The number of nitrogens with zero attached hydrogens (tertiary/aromatic N) is 2. The maximum absolute atomic E-state index is 13.4. The van der Waals surface area contributed by atoms with Gasteiger partial charge in [0.2, 0.25) is 0 Å². The molecule has 1 aromatic heterocycles. The van der Waals surface area contributed by atoms with Crippen molar-refractivity contribution in [3.63, 3.8) is 0 Å². The number of hydrogen-bond acceptors (Lipinski definition) is 2. The van der Waals surface area contributed by atoms with Crippen molar-refractivity contribution < 1.29 is 8.60 Å². The van der Waals surface area contributed by atoms with E-state index in [1.807, 2.05) is 37.7 Å². The number of fused-ring (bicyclic) bond motifs is 2. The Labute approximate surface area is 210 Å². The van der Waals surface area contributed by atoms with Crippen molar-refractivity contribution in [1.29, 1.82) is 0 Å². The fraction of sp³-hybridized carbons (Fsp3) is 0.414. The van der Waals surface area contributed by atoms with Gasteiger partial charge in [0.15, 0.2) is 0 Å². The van der Waals surface area contributed by atoms with Crippen molar-refractivity contribution in [3.8, 4) is 5.69 Å². The van der Waals surface area contributed by atoms with E-state index in [1.54, 1.807) is 12.1 Å². The summed E-state index contributed by atoms with van der Waals surface area (Å²) in [6.45, 7) is 8.42. The standard InChI is InChI=1S/C29H34FN3OS/c1-28(2,3)35(34)32-26(20-8-6-5-7-9-20)16-22-10-11-23-17-27-21(18-29(22,23)4)19-31-33(27)25-14-12-24(30)13-15-25/h5-9,12-15,17,19,22,26,32H,10-11,16,18H2,1-4H3/t22-,26-,29?,35?/m1/s1. The third kappa shape index (κ3) is 4.66. The van der Waals surface area contributed by atoms with Crippen LogP contribution in [0.4, 0.5) is 4.39 Å². The van der Waals surface area contributed by atoms with Gasteiger partial charge < -0.3 is 0 Å². The Kier molecular flexibility index (Phi) is 6.30. The number of allylic oxidation sites excluding steroid dienone is 1. The third-order valence-electron chi connectivity index (χ3n) is 7.75. The number of hydrogen-bond donors (Lipinski definition) is 1. The van der Waals surface area contributed by atoms with Gasteiger partial charge in [0.25, 0.3) is 0 Å². The molecule has 0 radical (unpaired) electrons. The van der Waals surface area contributed by atoms with Gasteiger partial charge in [-0.2, -0.15) is 5.10 Å². The summed E-state index contributed by atoms with van der Waals surface area (Å²) >= 11 is 0. The van der Waals surface area contributed by atoms with Gasteiger partial charge in [0, 0.05) is 6.04 Å². The van der Waals surface area contributed by atoms with E-state index < -0.39 is 11.0 Å². The molecule has 0 aliphatic heterocycles. The number of rotatable bonds is 6. The molecule has 1 N–H and O–H groups in total. The molecule has 0 saturated heterocycles. The fourth-order valence-electron chi connectivity index (χ4n) is 5.63. The van der Waals surface area contributed by atoms with Crippen LogP contribution in [0.15, 0.2) is 66.4 Å². The van der Waals surface area contributed by atoms with Crippen LogP contribution in [0, 0.1) is 17.2 Å². The summed E-state index contributed by atoms with van der Waals surface area (Å²) < 4.78 is 31.6. The van der Waals surface area contributed by atoms with Crippen molar-refractivity contribution in [3.05, 3.63) is 89.0 Å². The van der Waals surface area contributed by atoms with Gasteiger partial charge in [0.1, 0.15) is 5.82 Å². The zero-order valence-corrected chi connectivity index (χ0v) is 21.7. The quantitative estimate of drug-likeness (QED) is 0.425. The predicted molar refractivity (Wildman–Crippen MR) is 141 cm³/mol. The average Bonchev–Trinajstić information content (AvgIpc) is 3.37. The molecule has 184 valence electrons. The van der Waals surface area contributed by atoms with Gasteiger partial charge in [-0.1, -0.05) is 42.8 Å². The monoisotopic (exact) mass is 491 g/mol. The molecule has 6 heteroatoms. The molecule has 35 heavy (non-hydrogen) atoms. The van der Waals surface area contributed by atoms with Crippen LogP contribution in [0.2, 0.25) is 0 Å². The maximum atomic E-state index is 13.4. The molecule has 2 aliphatic carbocycles. The molecule has 0 bridgehead atoms. The van der Waals surface area contributed by atoms with Crippen LogP contribution in [-0.2, 0) is 17.4 Å². The topological polar surface area (TPSA) is 46.9 Å². The Morgan fingerprint density at radius 1 is 1.17 bits per heavy atom. The Morgan fingerprint density at radius 3 is 2.57 bits per heavy atom. The number of benzene rings is 2. The normalized spacial score (nSPS) is 23.3. The molecule has 1 fully saturated rings. The van der Waals surface area contributed by atoms with Crippen molar-refractivity contribution in [2.75, 3.05) is 0 Å². The predicted octanol–water partition coefficient (Wildman–Crippen LogP) is 6.55. The van der Waals surface area contributed by atoms with Crippen LogP contribution in [0.25, 0.3) is 11.8 Å². The van der Waals surface area contributed by atoms with E-state index in [2.05, 4.69) is 47.1 Å². The molecular formula is C29H34FN3OS. The SMILES string of the molecule is CC12Cc3cnn(-c4ccc(F)cc4)c3C=C1CC[C@@H]2C[C@@H](NS(=O)C(C)(C)C)c1ccccc1. The summed E-state index contributed by atoms with van der Waals surface area (Å²) in [5.41, 5.74) is 5.91. The van der Waals surface area contributed by atoms with E-state index in [-0.39, 0.29) is 22.0 Å². The summed E-state index contributed by atoms with van der Waals surface area (Å²) in [5, 5.41) is 4.65. The number of halogens is 1. The lowest BCUT2D eigenvalue weighted by atomic mass is 9.68. The van der Waals surface area contributed by atoms with Crippen molar-refractivity contribution in [2.45, 2.75) is 64.2 Å². The van der Waals surface area contributed by atoms with E-state index in [1.165, 1.54) is 28.8 Å². The molecule has 5 rings (SSSR count). The Hall–Kier alpha value is -2.57. The van der Waals surface area contributed by atoms with Crippen LogP contribution in [0.1, 0.15) is 69.8 Å². The first kappa shape index (κ1) is 24.1. The molecule has 2 aromatic carbocycles. The van der Waals surface area contributed by atoms with Gasteiger partial charge in [-0.25, -0.2) is 18.0 Å². The van der Waals surface area contributed by atoms with Crippen LogP contribution in [0.3, 0.4) is 0 Å². The Morgan fingerprint density at radius 2 is 1.89 bits per heavy atom. The smallest absolute Gasteiger partial charge is 0.123 e. The second kappa shape index (κ2) is 9.14. The highest BCUT2D eigenvalue weighted by Crippen LogP contribution is 2.55. The molecule has 2 aliphatic rings. The van der Waals surface area contributed by atoms with E-state index in [0.29, 0.717) is 5.92 Å². The summed E-state index contributed by atoms with van der Waals surface area (Å²) in [5.74, 6) is 0.221. The Bertz CT molecular complexity index is 1260. The lowest BCUT2D eigenvalue weighted by molar-refractivity contribution is 0.238. The second-order valence-corrected chi connectivity index (χ2v) is 13.1. The zero-order valence-electron chi connectivity index (χ0n) is 20.9. The van der Waals surface area contributed by atoms with Crippen LogP contribution >= 0.6 is 0 Å².